The van der Waals surface area contributed by atoms with E-state index in [2.05, 4.69) is 13.8 Å². The summed E-state index contributed by atoms with van der Waals surface area (Å²) in [7, 11) is 0. The van der Waals surface area contributed by atoms with Gasteiger partial charge in [-0.1, -0.05) is 194 Å². The van der Waals surface area contributed by atoms with Gasteiger partial charge in [0, 0.05) is 19.8 Å². The zero-order chi connectivity index (χ0) is 30.8. The zero-order valence-corrected chi connectivity index (χ0v) is 28.8. The molecule has 0 aliphatic carbocycles. The molecule has 0 aliphatic heterocycles. The van der Waals surface area contributed by atoms with Crippen LogP contribution in [-0.4, -0.2) is 11.9 Å². The van der Waals surface area contributed by atoms with Gasteiger partial charge < -0.3 is 9.47 Å². The highest BCUT2D eigenvalue weighted by molar-refractivity contribution is 5.72. The molecule has 0 atom stereocenters. The molecule has 0 aromatic carbocycles. The van der Waals surface area contributed by atoms with Crippen LogP contribution in [0.2, 0.25) is 0 Å². The van der Waals surface area contributed by atoms with Crippen molar-refractivity contribution in [2.24, 2.45) is 0 Å². The molecular formula is C38H73O4. The fraction of sp³-hybridized carbons (Fsp3) is 0.921. The SMILES string of the molecule is CCCCCCCCCCCCCCCCCC(=O)O[C](C)OC(=O)CCCCCCCCCCCCCCCCC. The molecule has 0 saturated heterocycles. The van der Waals surface area contributed by atoms with E-state index in [1.54, 1.807) is 6.92 Å². The lowest BCUT2D eigenvalue weighted by molar-refractivity contribution is -0.163. The van der Waals surface area contributed by atoms with E-state index in [9.17, 15) is 9.59 Å². The first-order valence-corrected chi connectivity index (χ1v) is 18.8. The molecule has 0 fully saturated rings. The van der Waals surface area contributed by atoms with Crippen molar-refractivity contribution in [2.45, 2.75) is 226 Å². The Morgan fingerprint density at radius 1 is 0.333 bits per heavy atom. The van der Waals surface area contributed by atoms with Gasteiger partial charge in [-0.05, 0) is 12.8 Å². The number of rotatable bonds is 34. The van der Waals surface area contributed by atoms with Crippen LogP contribution in [0.15, 0.2) is 0 Å². The van der Waals surface area contributed by atoms with Crippen LogP contribution < -0.4 is 0 Å². The molecule has 0 aromatic rings. The highest BCUT2D eigenvalue weighted by Crippen LogP contribution is 2.16. The number of carbonyl (C=O) groups excluding carboxylic acids is 2. The molecule has 4 nitrogen and oxygen atoms in total. The molecule has 0 heterocycles. The highest BCUT2D eigenvalue weighted by atomic mass is 16.7. The molecular weight excluding hydrogens is 520 g/mol. The molecule has 0 aliphatic rings. The van der Waals surface area contributed by atoms with E-state index in [1.807, 2.05) is 0 Å². The van der Waals surface area contributed by atoms with Crippen molar-refractivity contribution in [1.82, 2.24) is 0 Å². The van der Waals surface area contributed by atoms with Gasteiger partial charge in [0.1, 0.15) is 0 Å². The summed E-state index contributed by atoms with van der Waals surface area (Å²) in [5, 5.41) is 0. The van der Waals surface area contributed by atoms with Crippen molar-refractivity contribution in [2.75, 3.05) is 0 Å². The minimum absolute atomic E-state index is 0.0759. The average Bonchev–Trinajstić information content (AvgIpc) is 2.97. The maximum Gasteiger partial charge on any atom is 0.331 e. The normalized spacial score (nSPS) is 11.3. The molecule has 0 amide bonds. The van der Waals surface area contributed by atoms with Gasteiger partial charge in [0.15, 0.2) is 0 Å². The summed E-state index contributed by atoms with van der Waals surface area (Å²) in [5.74, 6) is -0.580. The van der Waals surface area contributed by atoms with Crippen molar-refractivity contribution in [3.8, 4) is 0 Å². The van der Waals surface area contributed by atoms with Crippen molar-refractivity contribution >= 4 is 11.9 Å². The summed E-state index contributed by atoms with van der Waals surface area (Å²) < 4.78 is 10.4. The second kappa shape index (κ2) is 34.4. The quantitative estimate of drug-likeness (QED) is 0.0550. The topological polar surface area (TPSA) is 52.6 Å². The first kappa shape index (κ1) is 40.9. The highest BCUT2D eigenvalue weighted by Gasteiger charge is 2.16. The molecule has 0 bridgehead atoms. The molecule has 0 spiro atoms. The Labute approximate surface area is 263 Å². The monoisotopic (exact) mass is 594 g/mol. The Balaban J connectivity index is 3.39. The second-order valence-corrected chi connectivity index (χ2v) is 12.8. The summed E-state index contributed by atoms with van der Waals surface area (Å²) in [5.41, 5.74) is 0. The number of carbonyl (C=O) groups is 2. The maximum absolute atomic E-state index is 12.0. The first-order valence-electron chi connectivity index (χ1n) is 18.8. The van der Waals surface area contributed by atoms with Gasteiger partial charge in [-0.15, -0.1) is 0 Å². The third-order valence-corrected chi connectivity index (χ3v) is 8.48. The van der Waals surface area contributed by atoms with Gasteiger partial charge in [-0.2, -0.15) is 0 Å². The van der Waals surface area contributed by atoms with Crippen molar-refractivity contribution in [3.63, 3.8) is 0 Å². The lowest BCUT2D eigenvalue weighted by Gasteiger charge is -2.12. The second-order valence-electron chi connectivity index (χ2n) is 12.8. The Morgan fingerprint density at radius 3 is 0.738 bits per heavy atom. The molecule has 0 N–H and O–H groups in total. The van der Waals surface area contributed by atoms with Crippen LogP contribution >= 0.6 is 0 Å². The van der Waals surface area contributed by atoms with Crippen molar-refractivity contribution < 1.29 is 19.1 Å². The standard InChI is InChI=1S/C38H73O4/c1-4-6-8-10-12-14-16-18-20-22-24-26-28-30-32-34-37(39)41-36(3)42-38(40)35-33-31-29-27-25-23-21-19-17-15-13-11-9-7-5-2/h4-35H2,1-3H3. The summed E-state index contributed by atoms with van der Waals surface area (Å²) in [4.78, 5) is 24.1. The van der Waals surface area contributed by atoms with Gasteiger partial charge in [-0.3, -0.25) is 9.59 Å². The maximum atomic E-state index is 12.0. The Bertz CT molecular complexity index is 513. The summed E-state index contributed by atoms with van der Waals surface area (Å²) in [6.45, 7) is 6.11. The fourth-order valence-electron chi connectivity index (χ4n) is 5.72. The van der Waals surface area contributed by atoms with Crippen LogP contribution in [0.25, 0.3) is 0 Å². The van der Waals surface area contributed by atoms with Gasteiger partial charge in [0.2, 0.25) is 0 Å². The molecule has 42 heavy (non-hydrogen) atoms. The van der Waals surface area contributed by atoms with E-state index in [0.29, 0.717) is 12.8 Å². The zero-order valence-electron chi connectivity index (χ0n) is 28.8. The molecule has 4 heteroatoms. The predicted molar refractivity (Wildman–Crippen MR) is 180 cm³/mol. The number of unbranched alkanes of at least 4 members (excludes halogenated alkanes) is 28. The van der Waals surface area contributed by atoms with Crippen LogP contribution in [-0.2, 0) is 19.1 Å². The summed E-state index contributed by atoms with van der Waals surface area (Å²) in [6.07, 6.45) is 40.0. The summed E-state index contributed by atoms with van der Waals surface area (Å²) >= 11 is 0. The molecule has 0 aromatic heterocycles. The average molecular weight is 594 g/mol. The van der Waals surface area contributed by atoms with E-state index in [0.717, 1.165) is 25.7 Å². The van der Waals surface area contributed by atoms with E-state index < -0.39 is 0 Å². The molecule has 0 rings (SSSR count). The Kier molecular flexibility index (Phi) is 33.6. The third kappa shape index (κ3) is 33.4. The number of esters is 2. The van der Waals surface area contributed by atoms with E-state index in [4.69, 9.17) is 9.47 Å². The van der Waals surface area contributed by atoms with E-state index in [1.165, 1.54) is 167 Å². The van der Waals surface area contributed by atoms with Crippen LogP contribution in [0, 0.1) is 6.29 Å². The van der Waals surface area contributed by atoms with Crippen molar-refractivity contribution in [3.05, 3.63) is 6.29 Å². The number of hydrogen-bond donors (Lipinski definition) is 0. The van der Waals surface area contributed by atoms with Crippen LogP contribution in [0.4, 0.5) is 0 Å². The number of hydrogen-bond acceptors (Lipinski definition) is 4. The molecule has 1 radical (unpaired) electrons. The molecule has 0 saturated carbocycles. The fourth-order valence-corrected chi connectivity index (χ4v) is 5.72. The largest absolute Gasteiger partial charge is 0.415 e. The van der Waals surface area contributed by atoms with Gasteiger partial charge in [-0.25, -0.2) is 0 Å². The van der Waals surface area contributed by atoms with Crippen LogP contribution in [0.1, 0.15) is 226 Å². The van der Waals surface area contributed by atoms with E-state index in [-0.39, 0.29) is 18.2 Å². The lowest BCUT2D eigenvalue weighted by Crippen LogP contribution is -2.15. The van der Waals surface area contributed by atoms with Gasteiger partial charge in [0.05, 0.1) is 0 Å². The Morgan fingerprint density at radius 2 is 0.524 bits per heavy atom. The lowest BCUT2D eigenvalue weighted by atomic mass is 10.0. The van der Waals surface area contributed by atoms with Gasteiger partial charge in [0.25, 0.3) is 0 Å². The smallest absolute Gasteiger partial charge is 0.331 e. The summed E-state index contributed by atoms with van der Waals surface area (Å²) in [6, 6.07) is 0. The Hall–Kier alpha value is -1.06. The van der Waals surface area contributed by atoms with Crippen LogP contribution in [0.5, 0.6) is 0 Å². The van der Waals surface area contributed by atoms with Gasteiger partial charge >= 0.3 is 18.2 Å². The molecule has 0 unspecified atom stereocenters. The third-order valence-electron chi connectivity index (χ3n) is 8.48. The predicted octanol–water partition coefficient (Wildman–Crippen LogP) is 13.1. The van der Waals surface area contributed by atoms with Crippen LogP contribution in [0.3, 0.4) is 0 Å². The molecule has 249 valence electrons. The van der Waals surface area contributed by atoms with E-state index >= 15 is 0 Å². The van der Waals surface area contributed by atoms with Crippen molar-refractivity contribution in [1.29, 1.82) is 0 Å². The first-order chi connectivity index (χ1) is 20.6. The number of ether oxygens (including phenoxy) is 2. The minimum Gasteiger partial charge on any atom is -0.415 e. The minimum atomic E-state index is -0.290.